The minimum absolute atomic E-state index is 0.0112. The van der Waals surface area contributed by atoms with E-state index in [1.54, 1.807) is 31.2 Å². The van der Waals surface area contributed by atoms with Crippen LogP contribution in [0.15, 0.2) is 102 Å². The average molecular weight is 553 g/mol. The Hall–Kier alpha value is -4.83. The van der Waals surface area contributed by atoms with Gasteiger partial charge in [0.15, 0.2) is 0 Å². The number of aliphatic carboxylic acids is 1. The van der Waals surface area contributed by atoms with Crippen LogP contribution in [0.4, 0.5) is 0 Å². The molecular weight excluding hydrogens is 528 g/mol. The molecular formula is C30H24N4O5S. The Morgan fingerprint density at radius 2 is 1.50 bits per heavy atom. The number of nitrogens with zero attached hydrogens (tertiary/aromatic N) is 4. The van der Waals surface area contributed by atoms with Gasteiger partial charge in [0.25, 0.3) is 5.91 Å². The van der Waals surface area contributed by atoms with E-state index < -0.39 is 11.5 Å². The summed E-state index contributed by atoms with van der Waals surface area (Å²) < 4.78 is 12.6. The standard InChI is InChI=1S/C30H24N4O5S/c1-38-23-12-8-20(9-13-23)30(19-6-4-3-5-7-19,21-10-14-24(39-2)15-11-21)33-17-22(31-32-33)16-25-27(35)34-26(29(36)37)18-40-28(25)34/h3-18,28H,1-2H3,(H,36,37)/b25-16+/t28-/m1/s1. The van der Waals surface area contributed by atoms with Gasteiger partial charge in [0.1, 0.15) is 33.8 Å². The highest BCUT2D eigenvalue weighted by Gasteiger charge is 2.49. The molecule has 6 rings (SSSR count). The first kappa shape index (κ1) is 25.4. The van der Waals surface area contributed by atoms with Crippen molar-refractivity contribution in [2.45, 2.75) is 10.9 Å². The van der Waals surface area contributed by atoms with E-state index >= 15 is 0 Å². The highest BCUT2D eigenvalue weighted by molar-refractivity contribution is 8.03. The van der Waals surface area contributed by atoms with Crippen molar-refractivity contribution in [3.05, 3.63) is 124 Å². The smallest absolute Gasteiger partial charge is 0.353 e. The number of carbonyl (C=O) groups excluding carboxylic acids is 1. The third-order valence-corrected chi connectivity index (χ3v) is 8.20. The third kappa shape index (κ3) is 3.95. The molecule has 9 nitrogen and oxygen atoms in total. The maximum Gasteiger partial charge on any atom is 0.353 e. The van der Waals surface area contributed by atoms with Gasteiger partial charge in [-0.3, -0.25) is 9.69 Å². The summed E-state index contributed by atoms with van der Waals surface area (Å²) in [5.41, 5.74) is 2.80. The Balaban J connectivity index is 1.50. The van der Waals surface area contributed by atoms with Crippen molar-refractivity contribution in [2.24, 2.45) is 0 Å². The fourth-order valence-electron chi connectivity index (χ4n) is 5.17. The normalized spacial score (nSPS) is 17.3. The van der Waals surface area contributed by atoms with E-state index in [0.29, 0.717) is 11.3 Å². The number of carboxylic acids is 1. The number of carboxylic acid groups (broad SMARTS) is 1. The zero-order valence-electron chi connectivity index (χ0n) is 21.6. The van der Waals surface area contributed by atoms with Gasteiger partial charge in [0.2, 0.25) is 0 Å². The molecule has 0 saturated carbocycles. The number of benzene rings is 3. The highest BCUT2D eigenvalue weighted by atomic mass is 32.2. The summed E-state index contributed by atoms with van der Waals surface area (Å²) in [5.74, 6) is -0.0281. The van der Waals surface area contributed by atoms with Crippen LogP contribution in [-0.4, -0.2) is 56.5 Å². The number of fused-ring (bicyclic) bond motifs is 1. The van der Waals surface area contributed by atoms with Crippen molar-refractivity contribution < 1.29 is 24.2 Å². The van der Waals surface area contributed by atoms with E-state index in [-0.39, 0.29) is 17.0 Å². The molecule has 1 fully saturated rings. The van der Waals surface area contributed by atoms with E-state index in [1.807, 2.05) is 78.9 Å². The largest absolute Gasteiger partial charge is 0.497 e. The Kier molecular flexibility index (Phi) is 6.39. The Bertz CT molecular complexity index is 1600. The van der Waals surface area contributed by atoms with Gasteiger partial charge in [-0.2, -0.15) is 0 Å². The molecule has 200 valence electrons. The minimum Gasteiger partial charge on any atom is -0.497 e. The van der Waals surface area contributed by atoms with Gasteiger partial charge < -0.3 is 14.6 Å². The quantitative estimate of drug-likeness (QED) is 0.195. The Morgan fingerprint density at radius 3 is 2.05 bits per heavy atom. The second kappa shape index (κ2) is 10.0. The first-order chi connectivity index (χ1) is 19.5. The van der Waals surface area contributed by atoms with Crippen LogP contribution in [0, 0.1) is 0 Å². The molecule has 0 unspecified atom stereocenters. The molecule has 1 N–H and O–H groups in total. The topological polar surface area (TPSA) is 107 Å². The van der Waals surface area contributed by atoms with E-state index in [9.17, 15) is 14.7 Å². The number of thioether (sulfide) groups is 1. The van der Waals surface area contributed by atoms with Gasteiger partial charge in [0, 0.05) is 5.41 Å². The lowest BCUT2D eigenvalue weighted by Crippen LogP contribution is -2.51. The number of ether oxygens (including phenoxy) is 2. The molecule has 0 radical (unpaired) electrons. The lowest BCUT2D eigenvalue weighted by molar-refractivity contribution is -0.141. The van der Waals surface area contributed by atoms with Gasteiger partial charge >= 0.3 is 5.97 Å². The maximum absolute atomic E-state index is 12.8. The number of hydrogen-bond donors (Lipinski definition) is 1. The molecule has 40 heavy (non-hydrogen) atoms. The number of hydrogen-bond acceptors (Lipinski definition) is 7. The molecule has 4 aromatic rings. The van der Waals surface area contributed by atoms with Crippen LogP contribution >= 0.6 is 11.8 Å². The Morgan fingerprint density at radius 1 is 0.925 bits per heavy atom. The lowest BCUT2D eigenvalue weighted by atomic mass is 9.77. The maximum atomic E-state index is 12.8. The molecule has 2 aliphatic rings. The van der Waals surface area contributed by atoms with Gasteiger partial charge in [-0.25, -0.2) is 9.48 Å². The summed E-state index contributed by atoms with van der Waals surface area (Å²) in [7, 11) is 3.25. The number of β-lactam (4-membered cyclic amide) rings is 1. The summed E-state index contributed by atoms with van der Waals surface area (Å²) >= 11 is 1.28. The zero-order chi connectivity index (χ0) is 27.9. The molecule has 3 aromatic carbocycles. The molecule has 0 bridgehead atoms. The van der Waals surface area contributed by atoms with E-state index in [0.717, 1.165) is 28.2 Å². The van der Waals surface area contributed by atoms with Crippen molar-refractivity contribution in [2.75, 3.05) is 14.2 Å². The van der Waals surface area contributed by atoms with Crippen LogP contribution in [0.2, 0.25) is 0 Å². The first-order valence-electron chi connectivity index (χ1n) is 12.4. The second-order valence-corrected chi connectivity index (χ2v) is 10.1. The lowest BCUT2D eigenvalue weighted by Gasteiger charge is -2.37. The molecule has 1 aromatic heterocycles. The van der Waals surface area contributed by atoms with Crippen LogP contribution < -0.4 is 9.47 Å². The van der Waals surface area contributed by atoms with Gasteiger partial charge in [-0.1, -0.05) is 59.8 Å². The van der Waals surface area contributed by atoms with Crippen LogP contribution in [-0.2, 0) is 15.1 Å². The highest BCUT2D eigenvalue weighted by Crippen LogP contribution is 2.45. The summed E-state index contributed by atoms with van der Waals surface area (Å²) in [6.07, 6.45) is 3.48. The predicted molar refractivity (Wildman–Crippen MR) is 150 cm³/mol. The SMILES string of the molecule is COc1ccc(C(c2ccccc2)(c2ccc(OC)cc2)n2cc(/C=C3\C(=O)N4C(C(=O)O)=CS[C@H]34)nn2)cc1. The van der Waals surface area contributed by atoms with E-state index in [4.69, 9.17) is 9.47 Å². The number of carbonyl (C=O) groups is 2. The number of methoxy groups -OCH3 is 2. The average Bonchev–Trinajstić information content (AvgIpc) is 3.63. The molecule has 2 aliphatic heterocycles. The number of aromatic nitrogens is 3. The van der Waals surface area contributed by atoms with Crippen LogP contribution in [0.3, 0.4) is 0 Å². The van der Waals surface area contributed by atoms with Crippen LogP contribution in [0.25, 0.3) is 6.08 Å². The summed E-state index contributed by atoms with van der Waals surface area (Å²) in [6.45, 7) is 0. The molecule has 10 heteroatoms. The van der Waals surface area contributed by atoms with Gasteiger partial charge in [0.05, 0.1) is 26.0 Å². The van der Waals surface area contributed by atoms with E-state index in [1.165, 1.54) is 22.1 Å². The van der Waals surface area contributed by atoms with Crippen LogP contribution in [0.5, 0.6) is 11.5 Å². The fourth-order valence-corrected chi connectivity index (χ4v) is 6.29. The molecule has 1 atom stereocenters. The van der Waals surface area contributed by atoms with Crippen molar-refractivity contribution >= 4 is 29.7 Å². The summed E-state index contributed by atoms with van der Waals surface area (Å²) in [4.78, 5) is 25.6. The molecule has 0 aliphatic carbocycles. The fraction of sp³-hybridized carbons (Fsp3) is 0.133. The second-order valence-electron chi connectivity index (χ2n) is 9.19. The molecule has 3 heterocycles. The zero-order valence-corrected chi connectivity index (χ0v) is 22.4. The van der Waals surface area contributed by atoms with Crippen LogP contribution in [0.1, 0.15) is 22.4 Å². The van der Waals surface area contributed by atoms with Crippen molar-refractivity contribution in [1.82, 2.24) is 19.9 Å². The van der Waals surface area contributed by atoms with Crippen molar-refractivity contribution in [3.8, 4) is 11.5 Å². The first-order valence-corrected chi connectivity index (χ1v) is 13.3. The summed E-state index contributed by atoms with van der Waals surface area (Å²) in [6, 6.07) is 25.6. The number of rotatable bonds is 8. The molecule has 1 saturated heterocycles. The molecule has 0 spiro atoms. The van der Waals surface area contributed by atoms with Crippen molar-refractivity contribution in [1.29, 1.82) is 0 Å². The third-order valence-electron chi connectivity index (χ3n) is 7.12. The van der Waals surface area contributed by atoms with Gasteiger partial charge in [-0.15, -0.1) is 16.9 Å². The number of amides is 1. The Labute approximate surface area is 234 Å². The molecule has 1 amide bonds. The van der Waals surface area contributed by atoms with Crippen molar-refractivity contribution in [3.63, 3.8) is 0 Å². The minimum atomic E-state index is -1.13. The van der Waals surface area contributed by atoms with Gasteiger partial charge in [-0.05, 0) is 47.0 Å². The predicted octanol–water partition coefficient (Wildman–Crippen LogP) is 4.36. The monoisotopic (exact) mass is 552 g/mol. The van der Waals surface area contributed by atoms with E-state index in [2.05, 4.69) is 10.3 Å². The summed E-state index contributed by atoms with van der Waals surface area (Å²) in [5, 5.41) is 19.5.